The number of amides is 1. The molecule has 2 atom stereocenters. The van der Waals surface area contributed by atoms with Gasteiger partial charge in [0.25, 0.3) is 0 Å². The highest BCUT2D eigenvalue weighted by atomic mass is 79.9. The molecule has 0 fully saturated rings. The van der Waals surface area contributed by atoms with Gasteiger partial charge >= 0.3 is 6.09 Å². The molecule has 25 heavy (non-hydrogen) atoms. The molecule has 0 heterocycles. The van der Waals surface area contributed by atoms with Gasteiger partial charge in [0.2, 0.25) is 0 Å². The quantitative estimate of drug-likeness (QED) is 0.705. The molecule has 1 aliphatic rings. The maximum Gasteiger partial charge on any atom is 0.415 e. The molecule has 5 heteroatoms. The molecular weight excluding hydrogens is 382 g/mol. The number of carbonyl (C=O) groups is 1. The fraction of sp³-hybridized carbons (Fsp3) is 0.550. The van der Waals surface area contributed by atoms with Gasteiger partial charge < -0.3 is 14.7 Å². The zero-order chi connectivity index (χ0) is 18.6. The SMILES string of the molecule is CC(C)N(C(=O)OC1=C[C@@H]([C@@H](O)c2ccc(Br)cc2)CCC1)C(C)C. The summed E-state index contributed by atoms with van der Waals surface area (Å²) in [5, 5.41) is 10.7. The van der Waals surface area contributed by atoms with Crippen molar-refractivity contribution < 1.29 is 14.6 Å². The number of halogens is 1. The number of hydrogen-bond donors (Lipinski definition) is 1. The second-order valence-corrected chi connectivity index (χ2v) is 8.06. The molecule has 1 aromatic carbocycles. The Bertz CT molecular complexity index is 602. The van der Waals surface area contributed by atoms with E-state index in [2.05, 4.69) is 15.9 Å². The number of ether oxygens (including phenoxy) is 1. The van der Waals surface area contributed by atoms with Crippen LogP contribution in [0.4, 0.5) is 4.79 Å². The van der Waals surface area contributed by atoms with Crippen LogP contribution < -0.4 is 0 Å². The highest BCUT2D eigenvalue weighted by molar-refractivity contribution is 9.10. The van der Waals surface area contributed by atoms with Crippen molar-refractivity contribution in [3.63, 3.8) is 0 Å². The normalized spacial score (nSPS) is 18.9. The summed E-state index contributed by atoms with van der Waals surface area (Å²) in [5.41, 5.74) is 0.878. The molecule has 0 unspecified atom stereocenters. The molecule has 1 amide bonds. The van der Waals surface area contributed by atoms with E-state index in [1.165, 1.54) is 0 Å². The van der Waals surface area contributed by atoms with Crippen molar-refractivity contribution in [2.45, 2.75) is 65.1 Å². The number of aliphatic hydroxyl groups is 1. The lowest BCUT2D eigenvalue weighted by Crippen LogP contribution is -2.42. The van der Waals surface area contributed by atoms with E-state index in [0.717, 1.165) is 29.3 Å². The maximum absolute atomic E-state index is 12.5. The fourth-order valence-corrected chi connectivity index (χ4v) is 3.61. The molecule has 2 rings (SSSR count). The molecule has 0 aliphatic heterocycles. The molecule has 1 N–H and O–H groups in total. The number of hydrogen-bond acceptors (Lipinski definition) is 3. The first kappa shape index (κ1) is 20.0. The standard InChI is InChI=1S/C20H28BrNO3/c1-13(2)22(14(3)4)20(24)25-18-7-5-6-16(12-18)19(23)15-8-10-17(21)11-9-15/h8-14,16,19,23H,5-7H2,1-4H3/t16-,19-/m0/s1. The van der Waals surface area contributed by atoms with Crippen LogP contribution in [0, 0.1) is 5.92 Å². The largest absolute Gasteiger partial charge is 0.415 e. The Balaban J connectivity index is 2.09. The average molecular weight is 410 g/mol. The maximum atomic E-state index is 12.5. The van der Waals surface area contributed by atoms with Crippen LogP contribution >= 0.6 is 15.9 Å². The first-order valence-electron chi connectivity index (χ1n) is 8.94. The Morgan fingerprint density at radius 3 is 2.36 bits per heavy atom. The summed E-state index contributed by atoms with van der Waals surface area (Å²) in [6.45, 7) is 7.93. The lowest BCUT2D eigenvalue weighted by molar-refractivity contribution is 0.0889. The van der Waals surface area contributed by atoms with E-state index in [-0.39, 0.29) is 24.1 Å². The topological polar surface area (TPSA) is 49.8 Å². The first-order valence-corrected chi connectivity index (χ1v) is 9.73. The summed E-state index contributed by atoms with van der Waals surface area (Å²) in [5.74, 6) is 0.632. The van der Waals surface area contributed by atoms with Crippen molar-refractivity contribution in [2.24, 2.45) is 5.92 Å². The zero-order valence-corrected chi connectivity index (χ0v) is 17.0. The number of nitrogens with zero attached hydrogens (tertiary/aromatic N) is 1. The van der Waals surface area contributed by atoms with Crippen molar-refractivity contribution >= 4 is 22.0 Å². The molecule has 1 aromatic rings. The van der Waals surface area contributed by atoms with Crippen molar-refractivity contribution in [1.29, 1.82) is 0 Å². The van der Waals surface area contributed by atoms with Gasteiger partial charge in [-0.25, -0.2) is 4.79 Å². The summed E-state index contributed by atoms with van der Waals surface area (Å²) in [7, 11) is 0. The van der Waals surface area contributed by atoms with Crippen LogP contribution in [-0.2, 0) is 4.74 Å². The Morgan fingerprint density at radius 2 is 1.80 bits per heavy atom. The van der Waals surface area contributed by atoms with Gasteiger partial charge in [-0.2, -0.15) is 0 Å². The van der Waals surface area contributed by atoms with Crippen LogP contribution in [0.5, 0.6) is 0 Å². The summed E-state index contributed by atoms with van der Waals surface area (Å²) < 4.78 is 6.63. The third kappa shape index (κ3) is 5.32. The molecule has 4 nitrogen and oxygen atoms in total. The number of carbonyl (C=O) groups excluding carboxylic acids is 1. The second kappa shape index (κ2) is 8.86. The molecule has 0 radical (unpaired) electrons. The van der Waals surface area contributed by atoms with E-state index >= 15 is 0 Å². The van der Waals surface area contributed by atoms with Crippen LogP contribution in [0.1, 0.15) is 58.6 Å². The lowest BCUT2D eigenvalue weighted by atomic mass is 9.87. The predicted octanol–water partition coefficient (Wildman–Crippen LogP) is 5.42. The average Bonchev–Trinajstić information content (AvgIpc) is 2.54. The smallest absolute Gasteiger partial charge is 0.415 e. The molecule has 0 bridgehead atoms. The van der Waals surface area contributed by atoms with Gasteiger partial charge in [-0.15, -0.1) is 0 Å². The monoisotopic (exact) mass is 409 g/mol. The summed E-state index contributed by atoms with van der Waals surface area (Å²) >= 11 is 3.41. The van der Waals surface area contributed by atoms with Gasteiger partial charge in [-0.05, 0) is 64.3 Å². The van der Waals surface area contributed by atoms with E-state index in [9.17, 15) is 9.90 Å². The molecule has 1 aliphatic carbocycles. The van der Waals surface area contributed by atoms with E-state index < -0.39 is 6.10 Å². The molecule has 0 spiro atoms. The molecule has 0 saturated heterocycles. The van der Waals surface area contributed by atoms with E-state index in [1.54, 1.807) is 4.90 Å². The van der Waals surface area contributed by atoms with Crippen LogP contribution in [0.25, 0.3) is 0 Å². The summed E-state index contributed by atoms with van der Waals surface area (Å²) in [6, 6.07) is 7.86. The molecule has 0 aromatic heterocycles. The Morgan fingerprint density at radius 1 is 1.20 bits per heavy atom. The third-order valence-corrected chi connectivity index (χ3v) is 5.05. The van der Waals surface area contributed by atoms with Gasteiger partial charge in [-0.3, -0.25) is 0 Å². The van der Waals surface area contributed by atoms with E-state index in [0.29, 0.717) is 5.76 Å². The first-order chi connectivity index (χ1) is 11.8. The Kier molecular flexibility index (Phi) is 7.08. The second-order valence-electron chi connectivity index (χ2n) is 7.15. The third-order valence-electron chi connectivity index (χ3n) is 4.52. The fourth-order valence-electron chi connectivity index (χ4n) is 3.34. The van der Waals surface area contributed by atoms with Crippen LogP contribution in [0.2, 0.25) is 0 Å². The van der Waals surface area contributed by atoms with Crippen molar-refractivity contribution in [3.05, 3.63) is 46.1 Å². The van der Waals surface area contributed by atoms with Crippen LogP contribution in [0.3, 0.4) is 0 Å². The number of rotatable bonds is 5. The molecular formula is C20H28BrNO3. The zero-order valence-electron chi connectivity index (χ0n) is 15.4. The summed E-state index contributed by atoms with van der Waals surface area (Å²) in [4.78, 5) is 14.2. The van der Waals surface area contributed by atoms with E-state index in [1.807, 2.05) is 58.0 Å². The molecule has 138 valence electrons. The number of allylic oxidation sites excluding steroid dienone is 1. The highest BCUT2D eigenvalue weighted by Crippen LogP contribution is 2.34. The number of benzene rings is 1. The van der Waals surface area contributed by atoms with E-state index in [4.69, 9.17) is 4.74 Å². The summed E-state index contributed by atoms with van der Waals surface area (Å²) in [6.07, 6.45) is 3.55. The van der Waals surface area contributed by atoms with Gasteiger partial charge in [-0.1, -0.05) is 28.1 Å². The Labute approximate surface area is 159 Å². The predicted molar refractivity (Wildman–Crippen MR) is 103 cm³/mol. The lowest BCUT2D eigenvalue weighted by Gasteiger charge is -2.31. The van der Waals surface area contributed by atoms with Crippen LogP contribution in [0.15, 0.2) is 40.6 Å². The highest BCUT2D eigenvalue weighted by Gasteiger charge is 2.27. The number of aliphatic hydroxyl groups excluding tert-OH is 1. The molecule has 0 saturated carbocycles. The Hall–Kier alpha value is -1.33. The van der Waals surface area contributed by atoms with Crippen molar-refractivity contribution in [1.82, 2.24) is 4.90 Å². The van der Waals surface area contributed by atoms with Gasteiger partial charge in [0.05, 0.1) is 6.10 Å². The minimum Gasteiger partial charge on any atom is -0.415 e. The minimum absolute atomic E-state index is 0.0377. The van der Waals surface area contributed by atoms with Crippen molar-refractivity contribution in [2.75, 3.05) is 0 Å². The minimum atomic E-state index is -0.589. The van der Waals surface area contributed by atoms with Gasteiger partial charge in [0.1, 0.15) is 5.76 Å². The van der Waals surface area contributed by atoms with Gasteiger partial charge in [0.15, 0.2) is 0 Å². The van der Waals surface area contributed by atoms with Crippen LogP contribution in [-0.4, -0.2) is 28.2 Å². The van der Waals surface area contributed by atoms with Crippen molar-refractivity contribution in [3.8, 4) is 0 Å². The van der Waals surface area contributed by atoms with Gasteiger partial charge in [0, 0.05) is 28.9 Å².